The number of hydrogen-bond donors (Lipinski definition) is 1. The first kappa shape index (κ1) is 15.8. The number of carbonyl (C=O) groups is 1. The lowest BCUT2D eigenvalue weighted by atomic mass is 10.1. The van der Waals surface area contributed by atoms with Crippen molar-refractivity contribution in [2.75, 3.05) is 32.0 Å². The zero-order valence-electron chi connectivity index (χ0n) is 13.6. The maximum absolute atomic E-state index is 12.9. The van der Waals surface area contributed by atoms with Crippen LogP contribution in [0.2, 0.25) is 0 Å². The summed E-state index contributed by atoms with van der Waals surface area (Å²) in [6, 6.07) is 8.38. The molecule has 1 aromatic rings. The number of para-hydroxylation sites is 1. The first-order valence-electron chi connectivity index (χ1n) is 7.84. The van der Waals surface area contributed by atoms with E-state index in [0.717, 1.165) is 37.3 Å². The zero-order chi connectivity index (χ0) is 15.4. The number of nitrogens with zero attached hydrogens (tertiary/aromatic N) is 2. The number of rotatable bonds is 3. The van der Waals surface area contributed by atoms with Gasteiger partial charge < -0.3 is 15.1 Å². The molecule has 0 aliphatic carbocycles. The van der Waals surface area contributed by atoms with Crippen LogP contribution >= 0.6 is 0 Å². The van der Waals surface area contributed by atoms with Gasteiger partial charge in [0, 0.05) is 30.9 Å². The Kier molecular flexibility index (Phi) is 5.23. The van der Waals surface area contributed by atoms with Crippen LogP contribution in [0.15, 0.2) is 24.3 Å². The van der Waals surface area contributed by atoms with Crippen LogP contribution in [0.3, 0.4) is 0 Å². The standard InChI is InChI=1S/C17H27N3O/c1-13(2)18-16-9-6-5-8-15(16)17(21)20-11-7-10-19(4)12-14(20)3/h5-6,8-9,13-14,18H,7,10-12H2,1-4H3. The Hall–Kier alpha value is -1.55. The van der Waals surface area contributed by atoms with E-state index in [4.69, 9.17) is 0 Å². The van der Waals surface area contributed by atoms with E-state index in [1.807, 2.05) is 29.2 Å². The molecule has 1 aliphatic rings. The van der Waals surface area contributed by atoms with Crippen molar-refractivity contribution in [3.63, 3.8) is 0 Å². The van der Waals surface area contributed by atoms with Gasteiger partial charge in [0.2, 0.25) is 0 Å². The monoisotopic (exact) mass is 289 g/mol. The van der Waals surface area contributed by atoms with E-state index < -0.39 is 0 Å². The van der Waals surface area contributed by atoms with E-state index in [0.29, 0.717) is 6.04 Å². The second-order valence-corrected chi connectivity index (χ2v) is 6.31. The summed E-state index contributed by atoms with van der Waals surface area (Å²) in [5.74, 6) is 0.140. The first-order valence-corrected chi connectivity index (χ1v) is 7.84. The van der Waals surface area contributed by atoms with Gasteiger partial charge in [-0.3, -0.25) is 4.79 Å². The molecule has 1 atom stereocenters. The highest BCUT2D eigenvalue weighted by Gasteiger charge is 2.26. The number of anilines is 1. The molecule has 4 heteroatoms. The largest absolute Gasteiger partial charge is 0.382 e. The minimum Gasteiger partial charge on any atom is -0.382 e. The third-order valence-corrected chi connectivity index (χ3v) is 3.91. The molecule has 1 N–H and O–H groups in total. The maximum atomic E-state index is 12.9. The first-order chi connectivity index (χ1) is 9.99. The molecule has 21 heavy (non-hydrogen) atoms. The molecule has 0 bridgehead atoms. The minimum absolute atomic E-state index is 0.140. The van der Waals surface area contributed by atoms with Gasteiger partial charge in [-0.05, 0) is 52.9 Å². The third kappa shape index (κ3) is 3.97. The summed E-state index contributed by atoms with van der Waals surface area (Å²) in [6.45, 7) is 9.14. The van der Waals surface area contributed by atoms with Crippen molar-refractivity contribution < 1.29 is 4.79 Å². The molecule has 1 aliphatic heterocycles. The van der Waals surface area contributed by atoms with Crippen LogP contribution in [0.4, 0.5) is 5.69 Å². The van der Waals surface area contributed by atoms with Gasteiger partial charge >= 0.3 is 0 Å². The molecule has 0 saturated carbocycles. The number of likely N-dealkylation sites (N-methyl/N-ethyl adjacent to an activating group) is 1. The molecule has 1 saturated heterocycles. The highest BCUT2D eigenvalue weighted by Crippen LogP contribution is 2.21. The van der Waals surface area contributed by atoms with Crippen LogP contribution in [0.5, 0.6) is 0 Å². The lowest BCUT2D eigenvalue weighted by molar-refractivity contribution is 0.0697. The Morgan fingerprint density at radius 1 is 1.29 bits per heavy atom. The van der Waals surface area contributed by atoms with E-state index in [-0.39, 0.29) is 11.9 Å². The summed E-state index contributed by atoms with van der Waals surface area (Å²) < 4.78 is 0. The molecule has 1 aromatic carbocycles. The highest BCUT2D eigenvalue weighted by molar-refractivity contribution is 5.99. The van der Waals surface area contributed by atoms with Crippen molar-refractivity contribution >= 4 is 11.6 Å². The molecule has 0 spiro atoms. The van der Waals surface area contributed by atoms with Crippen molar-refractivity contribution in [3.05, 3.63) is 29.8 Å². The molecular formula is C17H27N3O. The highest BCUT2D eigenvalue weighted by atomic mass is 16.2. The third-order valence-electron chi connectivity index (χ3n) is 3.91. The summed E-state index contributed by atoms with van der Waals surface area (Å²) in [7, 11) is 2.12. The molecule has 1 heterocycles. The molecule has 0 aromatic heterocycles. The normalized spacial score (nSPS) is 20.4. The molecular weight excluding hydrogens is 262 g/mol. The van der Waals surface area contributed by atoms with Crippen molar-refractivity contribution in [2.24, 2.45) is 0 Å². The van der Waals surface area contributed by atoms with E-state index in [1.54, 1.807) is 0 Å². The molecule has 1 fully saturated rings. The van der Waals surface area contributed by atoms with Crippen molar-refractivity contribution in [1.29, 1.82) is 0 Å². The summed E-state index contributed by atoms with van der Waals surface area (Å²) in [5.41, 5.74) is 1.71. The summed E-state index contributed by atoms with van der Waals surface area (Å²) in [4.78, 5) is 17.3. The predicted octanol–water partition coefficient (Wildman–Crippen LogP) is 2.67. The topological polar surface area (TPSA) is 35.6 Å². The van der Waals surface area contributed by atoms with Gasteiger partial charge in [-0.1, -0.05) is 12.1 Å². The average Bonchev–Trinajstić information content (AvgIpc) is 2.58. The van der Waals surface area contributed by atoms with Crippen LogP contribution < -0.4 is 5.32 Å². The number of carbonyl (C=O) groups excluding carboxylic acids is 1. The Morgan fingerprint density at radius 3 is 2.71 bits per heavy atom. The van der Waals surface area contributed by atoms with Crippen LogP contribution in [0.25, 0.3) is 0 Å². The maximum Gasteiger partial charge on any atom is 0.256 e. The van der Waals surface area contributed by atoms with Crippen molar-refractivity contribution in [2.45, 2.75) is 39.3 Å². The average molecular weight is 289 g/mol. The molecule has 1 unspecified atom stereocenters. The fourth-order valence-electron chi connectivity index (χ4n) is 2.94. The van der Waals surface area contributed by atoms with Crippen LogP contribution in [-0.4, -0.2) is 54.5 Å². The minimum atomic E-state index is 0.140. The van der Waals surface area contributed by atoms with Crippen LogP contribution in [-0.2, 0) is 0 Å². The fraction of sp³-hybridized carbons (Fsp3) is 0.588. The van der Waals surface area contributed by atoms with E-state index in [1.165, 1.54) is 0 Å². The van der Waals surface area contributed by atoms with Gasteiger partial charge in [-0.15, -0.1) is 0 Å². The van der Waals surface area contributed by atoms with Crippen molar-refractivity contribution in [3.8, 4) is 0 Å². The quantitative estimate of drug-likeness (QED) is 0.929. The molecule has 2 rings (SSSR count). The Balaban J connectivity index is 2.22. The van der Waals surface area contributed by atoms with Gasteiger partial charge in [-0.25, -0.2) is 0 Å². The zero-order valence-corrected chi connectivity index (χ0v) is 13.6. The Labute approximate surface area is 128 Å². The van der Waals surface area contributed by atoms with Gasteiger partial charge in [0.25, 0.3) is 5.91 Å². The lowest BCUT2D eigenvalue weighted by Gasteiger charge is -2.29. The molecule has 0 radical (unpaired) electrons. The molecule has 1 amide bonds. The van der Waals surface area contributed by atoms with Crippen LogP contribution in [0.1, 0.15) is 37.6 Å². The van der Waals surface area contributed by atoms with Gasteiger partial charge in [0.05, 0.1) is 5.56 Å². The van der Waals surface area contributed by atoms with Gasteiger partial charge in [0.1, 0.15) is 0 Å². The van der Waals surface area contributed by atoms with Crippen LogP contribution in [0, 0.1) is 0 Å². The number of hydrogen-bond acceptors (Lipinski definition) is 3. The van der Waals surface area contributed by atoms with Gasteiger partial charge in [0.15, 0.2) is 0 Å². The van der Waals surface area contributed by atoms with E-state index in [2.05, 4.69) is 38.0 Å². The fourth-order valence-corrected chi connectivity index (χ4v) is 2.94. The smallest absolute Gasteiger partial charge is 0.256 e. The van der Waals surface area contributed by atoms with E-state index in [9.17, 15) is 4.79 Å². The Bertz CT molecular complexity index is 487. The molecule has 116 valence electrons. The molecule has 4 nitrogen and oxygen atoms in total. The SMILES string of the molecule is CC(C)Nc1ccccc1C(=O)N1CCCN(C)CC1C. The van der Waals surface area contributed by atoms with Gasteiger partial charge in [-0.2, -0.15) is 0 Å². The predicted molar refractivity (Wildman–Crippen MR) is 87.8 cm³/mol. The van der Waals surface area contributed by atoms with Crippen molar-refractivity contribution in [1.82, 2.24) is 9.80 Å². The van der Waals surface area contributed by atoms with E-state index >= 15 is 0 Å². The second-order valence-electron chi connectivity index (χ2n) is 6.31. The number of nitrogens with one attached hydrogen (secondary N) is 1. The Morgan fingerprint density at radius 2 is 2.00 bits per heavy atom. The number of amides is 1. The second kappa shape index (κ2) is 6.94. The summed E-state index contributed by atoms with van der Waals surface area (Å²) in [6.07, 6.45) is 1.03. The number of benzene rings is 1. The summed E-state index contributed by atoms with van der Waals surface area (Å²) >= 11 is 0. The lowest BCUT2D eigenvalue weighted by Crippen LogP contribution is -2.42. The summed E-state index contributed by atoms with van der Waals surface area (Å²) in [5, 5.41) is 3.37.